The van der Waals surface area contributed by atoms with Crippen molar-refractivity contribution in [1.29, 1.82) is 0 Å². The van der Waals surface area contributed by atoms with E-state index in [2.05, 4.69) is 26.1 Å². The maximum absolute atomic E-state index is 11.7. The molecule has 1 fully saturated rings. The number of amides is 1. The lowest BCUT2D eigenvalue weighted by Crippen LogP contribution is -2.51. The van der Waals surface area contributed by atoms with E-state index in [1.165, 1.54) is 0 Å². The molecule has 0 radical (unpaired) electrons. The zero-order chi connectivity index (χ0) is 10.6. The summed E-state index contributed by atoms with van der Waals surface area (Å²) < 4.78 is 0. The monoisotopic (exact) mass is 198 g/mol. The van der Waals surface area contributed by atoms with Crippen molar-refractivity contribution in [2.24, 2.45) is 5.92 Å². The minimum atomic E-state index is 0.326. The van der Waals surface area contributed by atoms with E-state index in [4.69, 9.17) is 0 Å². The molecule has 82 valence electrons. The highest BCUT2D eigenvalue weighted by Crippen LogP contribution is 2.08. The number of nitrogens with zero attached hydrogens (tertiary/aromatic N) is 1. The van der Waals surface area contributed by atoms with Gasteiger partial charge in [-0.15, -0.1) is 0 Å². The number of nitrogens with one attached hydrogen (secondary N) is 1. The van der Waals surface area contributed by atoms with Crippen molar-refractivity contribution >= 4 is 5.91 Å². The SMILES string of the molecule is CC(C)CCC(=O)N1CCN[C@H](C)C1. The molecule has 0 bridgehead atoms. The first-order valence-electron chi connectivity index (χ1n) is 5.60. The fraction of sp³-hybridized carbons (Fsp3) is 0.909. The predicted octanol–water partition coefficient (Wildman–Crippen LogP) is 1.24. The van der Waals surface area contributed by atoms with E-state index in [0.717, 1.165) is 26.1 Å². The maximum atomic E-state index is 11.7. The Morgan fingerprint density at radius 2 is 2.29 bits per heavy atom. The quantitative estimate of drug-likeness (QED) is 0.740. The molecule has 3 heteroatoms. The van der Waals surface area contributed by atoms with Crippen LogP contribution in [0.15, 0.2) is 0 Å². The molecule has 0 aromatic carbocycles. The average Bonchev–Trinajstić information content (AvgIpc) is 2.14. The van der Waals surface area contributed by atoms with Gasteiger partial charge in [0.15, 0.2) is 0 Å². The molecule has 0 saturated carbocycles. The van der Waals surface area contributed by atoms with Gasteiger partial charge in [0, 0.05) is 32.1 Å². The van der Waals surface area contributed by atoms with Crippen LogP contribution in [0.5, 0.6) is 0 Å². The van der Waals surface area contributed by atoms with Crippen molar-refractivity contribution in [1.82, 2.24) is 10.2 Å². The molecule has 0 aromatic heterocycles. The van der Waals surface area contributed by atoms with Gasteiger partial charge in [0.25, 0.3) is 0 Å². The Bertz CT molecular complexity index is 192. The van der Waals surface area contributed by atoms with Gasteiger partial charge >= 0.3 is 0 Å². The van der Waals surface area contributed by atoms with E-state index in [-0.39, 0.29) is 0 Å². The van der Waals surface area contributed by atoms with Crippen LogP contribution in [0.4, 0.5) is 0 Å². The van der Waals surface area contributed by atoms with E-state index in [9.17, 15) is 4.79 Å². The molecular formula is C11H22N2O. The lowest BCUT2D eigenvalue weighted by Gasteiger charge is -2.32. The lowest BCUT2D eigenvalue weighted by atomic mass is 10.1. The van der Waals surface area contributed by atoms with Crippen molar-refractivity contribution in [3.63, 3.8) is 0 Å². The fourth-order valence-electron chi connectivity index (χ4n) is 1.73. The molecule has 0 spiro atoms. The molecule has 1 aliphatic rings. The molecular weight excluding hydrogens is 176 g/mol. The highest BCUT2D eigenvalue weighted by molar-refractivity contribution is 5.76. The summed E-state index contributed by atoms with van der Waals surface area (Å²) >= 11 is 0. The zero-order valence-corrected chi connectivity index (χ0v) is 9.55. The fourth-order valence-corrected chi connectivity index (χ4v) is 1.73. The zero-order valence-electron chi connectivity index (χ0n) is 9.55. The topological polar surface area (TPSA) is 32.3 Å². The molecule has 1 saturated heterocycles. The van der Waals surface area contributed by atoms with Crippen LogP contribution < -0.4 is 5.32 Å². The van der Waals surface area contributed by atoms with Crippen LogP contribution in [0, 0.1) is 5.92 Å². The summed E-state index contributed by atoms with van der Waals surface area (Å²) in [6.07, 6.45) is 1.72. The van der Waals surface area contributed by atoms with E-state index < -0.39 is 0 Å². The molecule has 0 aromatic rings. The van der Waals surface area contributed by atoms with Gasteiger partial charge in [-0.05, 0) is 19.3 Å². The average molecular weight is 198 g/mol. The first kappa shape index (κ1) is 11.5. The van der Waals surface area contributed by atoms with Crippen molar-refractivity contribution in [3.05, 3.63) is 0 Å². The Morgan fingerprint density at radius 3 is 2.86 bits per heavy atom. The van der Waals surface area contributed by atoms with Crippen LogP contribution in [0.25, 0.3) is 0 Å². The van der Waals surface area contributed by atoms with E-state index in [1.807, 2.05) is 4.90 Å². The van der Waals surface area contributed by atoms with Crippen LogP contribution in [0.1, 0.15) is 33.6 Å². The lowest BCUT2D eigenvalue weighted by molar-refractivity contribution is -0.132. The van der Waals surface area contributed by atoms with Crippen molar-refractivity contribution < 1.29 is 4.79 Å². The number of rotatable bonds is 3. The first-order valence-corrected chi connectivity index (χ1v) is 5.60. The predicted molar refractivity (Wildman–Crippen MR) is 58.1 cm³/mol. The van der Waals surface area contributed by atoms with E-state index in [0.29, 0.717) is 24.3 Å². The third kappa shape index (κ3) is 3.66. The number of piperazine rings is 1. The molecule has 0 aliphatic carbocycles. The third-order valence-electron chi connectivity index (χ3n) is 2.66. The van der Waals surface area contributed by atoms with Crippen LogP contribution in [0.3, 0.4) is 0 Å². The van der Waals surface area contributed by atoms with Gasteiger partial charge in [0.1, 0.15) is 0 Å². The van der Waals surface area contributed by atoms with Crippen molar-refractivity contribution in [3.8, 4) is 0 Å². The highest BCUT2D eigenvalue weighted by Gasteiger charge is 2.19. The molecule has 0 unspecified atom stereocenters. The third-order valence-corrected chi connectivity index (χ3v) is 2.66. The smallest absolute Gasteiger partial charge is 0.222 e. The number of carbonyl (C=O) groups is 1. The van der Waals surface area contributed by atoms with Gasteiger partial charge in [0.2, 0.25) is 5.91 Å². The Labute approximate surface area is 86.9 Å². The van der Waals surface area contributed by atoms with Crippen LogP contribution in [-0.4, -0.2) is 36.5 Å². The molecule has 1 heterocycles. The number of hydrogen-bond donors (Lipinski definition) is 1. The summed E-state index contributed by atoms with van der Waals surface area (Å²) in [7, 11) is 0. The molecule has 1 rings (SSSR count). The van der Waals surface area contributed by atoms with E-state index in [1.54, 1.807) is 0 Å². The van der Waals surface area contributed by atoms with E-state index >= 15 is 0 Å². The molecule has 1 atom stereocenters. The second kappa shape index (κ2) is 5.35. The minimum absolute atomic E-state index is 0.326. The van der Waals surface area contributed by atoms with Gasteiger partial charge < -0.3 is 10.2 Å². The Balaban J connectivity index is 2.29. The normalized spacial score (nSPS) is 22.9. The standard InChI is InChI=1S/C11H22N2O/c1-9(2)4-5-11(14)13-7-6-12-10(3)8-13/h9-10,12H,4-8H2,1-3H3/t10-/m1/s1. The van der Waals surface area contributed by atoms with Crippen LogP contribution >= 0.6 is 0 Å². The van der Waals surface area contributed by atoms with Gasteiger partial charge in [-0.2, -0.15) is 0 Å². The second-order valence-electron chi connectivity index (χ2n) is 4.63. The summed E-state index contributed by atoms with van der Waals surface area (Å²) in [5.41, 5.74) is 0. The van der Waals surface area contributed by atoms with Crippen LogP contribution in [0.2, 0.25) is 0 Å². The van der Waals surface area contributed by atoms with Gasteiger partial charge in [-0.3, -0.25) is 4.79 Å². The highest BCUT2D eigenvalue weighted by atomic mass is 16.2. The largest absolute Gasteiger partial charge is 0.340 e. The molecule has 14 heavy (non-hydrogen) atoms. The van der Waals surface area contributed by atoms with Gasteiger partial charge in [0.05, 0.1) is 0 Å². The van der Waals surface area contributed by atoms with Crippen molar-refractivity contribution in [2.75, 3.05) is 19.6 Å². The molecule has 3 nitrogen and oxygen atoms in total. The van der Waals surface area contributed by atoms with Gasteiger partial charge in [-0.25, -0.2) is 0 Å². The Kier molecular flexibility index (Phi) is 4.39. The molecule has 1 aliphatic heterocycles. The number of hydrogen-bond acceptors (Lipinski definition) is 2. The maximum Gasteiger partial charge on any atom is 0.222 e. The van der Waals surface area contributed by atoms with Crippen molar-refractivity contribution in [2.45, 2.75) is 39.7 Å². The molecule has 1 N–H and O–H groups in total. The number of carbonyl (C=O) groups excluding carboxylic acids is 1. The minimum Gasteiger partial charge on any atom is -0.340 e. The summed E-state index contributed by atoms with van der Waals surface area (Å²) in [5.74, 6) is 0.950. The summed E-state index contributed by atoms with van der Waals surface area (Å²) in [6, 6.07) is 0.451. The van der Waals surface area contributed by atoms with Crippen LogP contribution in [-0.2, 0) is 4.79 Å². The summed E-state index contributed by atoms with van der Waals surface area (Å²) in [6.45, 7) is 9.13. The molecule has 1 amide bonds. The second-order valence-corrected chi connectivity index (χ2v) is 4.63. The summed E-state index contributed by atoms with van der Waals surface area (Å²) in [5, 5.41) is 3.34. The summed E-state index contributed by atoms with van der Waals surface area (Å²) in [4.78, 5) is 13.7. The van der Waals surface area contributed by atoms with Gasteiger partial charge in [-0.1, -0.05) is 13.8 Å². The Morgan fingerprint density at radius 1 is 1.57 bits per heavy atom. The Hall–Kier alpha value is -0.570. The first-order chi connectivity index (χ1) is 6.59.